The van der Waals surface area contributed by atoms with Gasteiger partial charge in [-0.1, -0.05) is 57.2 Å². The Morgan fingerprint density at radius 1 is 1.18 bits per heavy atom. The van der Waals surface area contributed by atoms with Gasteiger partial charge in [0.15, 0.2) is 0 Å². The minimum absolute atomic E-state index is 0.756. The van der Waals surface area contributed by atoms with E-state index < -0.39 is 0 Å². The fourth-order valence-electron chi connectivity index (χ4n) is 2.86. The summed E-state index contributed by atoms with van der Waals surface area (Å²) in [5, 5.41) is 3.57. The van der Waals surface area contributed by atoms with E-state index in [-0.39, 0.29) is 0 Å². The van der Waals surface area contributed by atoms with Crippen molar-refractivity contribution in [3.8, 4) is 0 Å². The van der Waals surface area contributed by atoms with Gasteiger partial charge in [-0.05, 0) is 24.5 Å². The van der Waals surface area contributed by atoms with Gasteiger partial charge in [0.1, 0.15) is 0 Å². The molecular weight excluding hydrogens is 206 g/mol. The number of fused-ring (bicyclic) bond motifs is 1. The van der Waals surface area contributed by atoms with Gasteiger partial charge in [-0.2, -0.15) is 0 Å². The monoisotopic (exact) mass is 231 g/mol. The van der Waals surface area contributed by atoms with E-state index in [4.69, 9.17) is 0 Å². The van der Waals surface area contributed by atoms with Crippen LogP contribution in [-0.2, 0) is 0 Å². The van der Waals surface area contributed by atoms with Crippen LogP contribution in [0.15, 0.2) is 18.2 Å². The summed E-state index contributed by atoms with van der Waals surface area (Å²) in [6.07, 6.45) is 8.31. The average molecular weight is 231 g/mol. The van der Waals surface area contributed by atoms with E-state index in [0.717, 1.165) is 12.5 Å². The summed E-state index contributed by atoms with van der Waals surface area (Å²) in [4.78, 5) is 0. The lowest BCUT2D eigenvalue weighted by Gasteiger charge is -2.10. The lowest BCUT2D eigenvalue weighted by molar-refractivity contribution is 0.566. The number of nitrogens with one attached hydrogen (secondary N) is 1. The third-order valence-electron chi connectivity index (χ3n) is 3.93. The summed E-state index contributed by atoms with van der Waals surface area (Å²) in [5.74, 6) is 0.756. The van der Waals surface area contributed by atoms with Crippen molar-refractivity contribution in [3.05, 3.63) is 29.3 Å². The molecule has 1 heterocycles. The molecule has 17 heavy (non-hydrogen) atoms. The van der Waals surface area contributed by atoms with Crippen molar-refractivity contribution >= 4 is 5.69 Å². The number of unbranched alkanes of at least 4 members (excludes halogenated alkanes) is 4. The van der Waals surface area contributed by atoms with Crippen molar-refractivity contribution in [3.63, 3.8) is 0 Å². The molecule has 0 amide bonds. The predicted molar refractivity (Wildman–Crippen MR) is 75.8 cm³/mol. The summed E-state index contributed by atoms with van der Waals surface area (Å²) in [6, 6.07) is 6.71. The first-order chi connectivity index (χ1) is 8.33. The molecule has 1 atom stereocenters. The normalized spacial score (nSPS) is 17.9. The fourth-order valence-corrected chi connectivity index (χ4v) is 2.86. The summed E-state index contributed by atoms with van der Waals surface area (Å²) in [7, 11) is 0. The van der Waals surface area contributed by atoms with Gasteiger partial charge in [-0.25, -0.2) is 0 Å². The summed E-state index contributed by atoms with van der Waals surface area (Å²) in [5.41, 5.74) is 4.36. The molecule has 0 saturated carbocycles. The SMILES string of the molecule is CCCCCCCC1CNc2c(C)cccc21. The van der Waals surface area contributed by atoms with Crippen LogP contribution in [0.25, 0.3) is 0 Å². The van der Waals surface area contributed by atoms with Gasteiger partial charge in [-0.3, -0.25) is 0 Å². The lowest BCUT2D eigenvalue weighted by atomic mass is 9.94. The van der Waals surface area contributed by atoms with Crippen LogP contribution in [0, 0.1) is 6.92 Å². The standard InChI is InChI=1S/C16H25N/c1-3-4-5-6-7-10-14-12-17-16-13(2)9-8-11-15(14)16/h8-9,11,14,17H,3-7,10,12H2,1-2H3. The van der Waals surface area contributed by atoms with Gasteiger partial charge < -0.3 is 5.32 Å². The first-order valence-corrected chi connectivity index (χ1v) is 7.16. The Bertz CT molecular complexity index is 357. The van der Waals surface area contributed by atoms with Crippen LogP contribution in [0.1, 0.15) is 62.5 Å². The highest BCUT2D eigenvalue weighted by Crippen LogP contribution is 2.36. The van der Waals surface area contributed by atoms with E-state index in [1.54, 1.807) is 5.56 Å². The summed E-state index contributed by atoms with van der Waals surface area (Å²) < 4.78 is 0. The van der Waals surface area contributed by atoms with Crippen LogP contribution in [-0.4, -0.2) is 6.54 Å². The second kappa shape index (κ2) is 6.09. The topological polar surface area (TPSA) is 12.0 Å². The Kier molecular flexibility index (Phi) is 4.47. The molecular formula is C16H25N. The second-order valence-electron chi connectivity index (χ2n) is 5.32. The molecule has 1 aliphatic heterocycles. The van der Waals surface area contributed by atoms with E-state index in [9.17, 15) is 0 Å². The predicted octanol–water partition coefficient (Wildman–Crippen LogP) is 4.86. The van der Waals surface area contributed by atoms with E-state index >= 15 is 0 Å². The zero-order chi connectivity index (χ0) is 12.1. The maximum atomic E-state index is 3.57. The summed E-state index contributed by atoms with van der Waals surface area (Å²) >= 11 is 0. The molecule has 1 aliphatic rings. The van der Waals surface area contributed by atoms with E-state index in [1.165, 1.54) is 49.8 Å². The number of para-hydroxylation sites is 1. The van der Waals surface area contributed by atoms with E-state index in [0.29, 0.717) is 0 Å². The highest BCUT2D eigenvalue weighted by Gasteiger charge is 2.22. The third-order valence-corrected chi connectivity index (χ3v) is 3.93. The molecule has 0 aliphatic carbocycles. The van der Waals surface area contributed by atoms with Gasteiger partial charge in [0.25, 0.3) is 0 Å². The summed E-state index contributed by atoms with van der Waals surface area (Å²) in [6.45, 7) is 5.63. The van der Waals surface area contributed by atoms with Crippen LogP contribution in [0.5, 0.6) is 0 Å². The van der Waals surface area contributed by atoms with E-state index in [2.05, 4.69) is 37.4 Å². The molecule has 1 aromatic rings. The van der Waals surface area contributed by atoms with Crippen molar-refractivity contribution in [2.75, 3.05) is 11.9 Å². The van der Waals surface area contributed by atoms with Crippen LogP contribution in [0.2, 0.25) is 0 Å². The smallest absolute Gasteiger partial charge is 0.0406 e. The van der Waals surface area contributed by atoms with Crippen molar-refractivity contribution in [2.24, 2.45) is 0 Å². The first kappa shape index (κ1) is 12.5. The fraction of sp³-hybridized carbons (Fsp3) is 0.625. The Balaban J connectivity index is 1.83. The maximum absolute atomic E-state index is 3.57. The van der Waals surface area contributed by atoms with Gasteiger partial charge in [-0.15, -0.1) is 0 Å². The number of aryl methyl sites for hydroxylation is 1. The van der Waals surface area contributed by atoms with Gasteiger partial charge in [0.05, 0.1) is 0 Å². The first-order valence-electron chi connectivity index (χ1n) is 7.16. The molecule has 2 rings (SSSR count). The highest BCUT2D eigenvalue weighted by atomic mass is 14.9. The molecule has 0 saturated heterocycles. The molecule has 0 radical (unpaired) electrons. The molecule has 94 valence electrons. The number of anilines is 1. The minimum atomic E-state index is 0.756. The number of rotatable bonds is 6. The lowest BCUT2D eigenvalue weighted by Crippen LogP contribution is -2.01. The van der Waals surface area contributed by atoms with E-state index in [1.807, 2.05) is 0 Å². The van der Waals surface area contributed by atoms with Crippen LogP contribution in [0.3, 0.4) is 0 Å². The molecule has 1 nitrogen and oxygen atoms in total. The van der Waals surface area contributed by atoms with Crippen molar-refractivity contribution in [2.45, 2.75) is 58.3 Å². The Morgan fingerprint density at radius 3 is 2.82 bits per heavy atom. The molecule has 0 fully saturated rings. The number of benzene rings is 1. The van der Waals surface area contributed by atoms with Crippen molar-refractivity contribution in [1.82, 2.24) is 0 Å². The quantitative estimate of drug-likeness (QED) is 0.689. The molecule has 1 aromatic carbocycles. The third kappa shape index (κ3) is 3.02. The van der Waals surface area contributed by atoms with Crippen LogP contribution >= 0.6 is 0 Å². The van der Waals surface area contributed by atoms with Crippen LogP contribution < -0.4 is 5.32 Å². The Hall–Kier alpha value is -0.980. The molecule has 0 spiro atoms. The zero-order valence-corrected chi connectivity index (χ0v) is 11.3. The molecule has 1 heteroatoms. The number of hydrogen-bond donors (Lipinski definition) is 1. The molecule has 0 bridgehead atoms. The molecule has 0 aromatic heterocycles. The van der Waals surface area contributed by atoms with Crippen LogP contribution in [0.4, 0.5) is 5.69 Å². The largest absolute Gasteiger partial charge is 0.384 e. The highest BCUT2D eigenvalue weighted by molar-refractivity contribution is 5.62. The van der Waals surface area contributed by atoms with Gasteiger partial charge >= 0.3 is 0 Å². The van der Waals surface area contributed by atoms with Crippen molar-refractivity contribution in [1.29, 1.82) is 0 Å². The minimum Gasteiger partial charge on any atom is -0.384 e. The van der Waals surface area contributed by atoms with Crippen molar-refractivity contribution < 1.29 is 0 Å². The van der Waals surface area contributed by atoms with Gasteiger partial charge in [0, 0.05) is 18.2 Å². The average Bonchev–Trinajstić information content (AvgIpc) is 2.74. The number of hydrogen-bond acceptors (Lipinski definition) is 1. The molecule has 1 unspecified atom stereocenters. The van der Waals surface area contributed by atoms with Gasteiger partial charge in [0.2, 0.25) is 0 Å². The second-order valence-corrected chi connectivity index (χ2v) is 5.32. The Labute approximate surface area is 106 Å². The Morgan fingerprint density at radius 2 is 2.00 bits per heavy atom. The molecule has 1 N–H and O–H groups in total. The zero-order valence-electron chi connectivity index (χ0n) is 11.3. The maximum Gasteiger partial charge on any atom is 0.0406 e.